The summed E-state index contributed by atoms with van der Waals surface area (Å²) in [6, 6.07) is 46.4. The summed E-state index contributed by atoms with van der Waals surface area (Å²) in [4.78, 5) is 0. The van der Waals surface area contributed by atoms with Gasteiger partial charge >= 0.3 is 12.3 Å². The van der Waals surface area contributed by atoms with Crippen LogP contribution in [0.15, 0.2) is 158 Å². The molecule has 6 aromatic rings. The van der Waals surface area contributed by atoms with Crippen LogP contribution in [0.4, 0.5) is 22.0 Å². The normalized spacial score (nSPS) is 18.8. The van der Waals surface area contributed by atoms with Gasteiger partial charge in [0.15, 0.2) is 6.10 Å². The van der Waals surface area contributed by atoms with E-state index >= 15 is 8.78 Å². The molecular weight excluding hydrogens is 780 g/mol. The Hall–Kier alpha value is -5.59. The van der Waals surface area contributed by atoms with Gasteiger partial charge in [0.05, 0.1) is 26.4 Å². The van der Waals surface area contributed by atoms with E-state index in [1.807, 2.05) is 128 Å². The average Bonchev–Trinajstić information content (AvgIpc) is 3.25. The molecule has 6 aromatic carbocycles. The van der Waals surface area contributed by atoms with Crippen molar-refractivity contribution < 1.29 is 50.4 Å². The number of halogens is 5. The minimum Gasteiger partial charge on any atom is -0.489 e. The topological polar surface area (TPSA) is 55.4 Å². The highest BCUT2D eigenvalue weighted by Crippen LogP contribution is 2.47. The van der Waals surface area contributed by atoms with Crippen LogP contribution in [0, 0.1) is 6.92 Å². The summed E-state index contributed by atoms with van der Waals surface area (Å²) in [5, 5.41) is 0. The molecule has 4 atom stereocenters. The number of ether oxygens (including phenoxy) is 6. The second kappa shape index (κ2) is 19.6. The zero-order chi connectivity index (χ0) is 42.0. The predicted octanol–water partition coefficient (Wildman–Crippen LogP) is 11.5. The lowest BCUT2D eigenvalue weighted by molar-refractivity contribution is -0.320. The molecule has 312 valence electrons. The fourth-order valence-corrected chi connectivity index (χ4v) is 7.12. The molecule has 1 fully saturated rings. The van der Waals surface area contributed by atoms with Gasteiger partial charge in [0, 0.05) is 5.56 Å². The molecule has 0 N–H and O–H groups in total. The Kier molecular flexibility index (Phi) is 13.9. The van der Waals surface area contributed by atoms with E-state index in [4.69, 9.17) is 23.7 Å². The van der Waals surface area contributed by atoms with Crippen LogP contribution in [0.3, 0.4) is 0 Å². The van der Waals surface area contributed by atoms with Crippen molar-refractivity contribution in [1.82, 2.24) is 0 Å². The Morgan fingerprint density at radius 3 is 1.67 bits per heavy atom. The lowest BCUT2D eigenvalue weighted by Gasteiger charge is -2.46. The molecule has 0 aromatic heterocycles. The Morgan fingerprint density at radius 2 is 1.12 bits per heavy atom. The van der Waals surface area contributed by atoms with Crippen molar-refractivity contribution >= 4 is 0 Å². The van der Waals surface area contributed by atoms with Crippen LogP contribution >= 0.6 is 0 Å². The molecule has 1 aliphatic rings. The SMILES string of the molecule is Cc1cc(OCc2ccccc2)c([C@@H]2O[C@H](COCc3ccccc3)C(F)(F)[C@H](OCc3ccccc3)[C@H]2OCc2ccccc2)cc1Cc1ccc(OC(F)(F)F)cc1. The van der Waals surface area contributed by atoms with Crippen LogP contribution in [-0.4, -0.2) is 37.2 Å². The van der Waals surface area contributed by atoms with Gasteiger partial charge in [-0.15, -0.1) is 13.2 Å². The van der Waals surface area contributed by atoms with E-state index in [0.29, 0.717) is 28.9 Å². The van der Waals surface area contributed by atoms with Gasteiger partial charge in [0.25, 0.3) is 0 Å². The van der Waals surface area contributed by atoms with Crippen molar-refractivity contribution in [2.24, 2.45) is 0 Å². The van der Waals surface area contributed by atoms with E-state index in [0.717, 1.165) is 27.8 Å². The van der Waals surface area contributed by atoms with Crippen molar-refractivity contribution in [2.75, 3.05) is 6.61 Å². The molecule has 0 bridgehead atoms. The van der Waals surface area contributed by atoms with Gasteiger partial charge in [-0.2, -0.15) is 0 Å². The summed E-state index contributed by atoms with van der Waals surface area (Å²) in [5.41, 5.74) is 5.87. The summed E-state index contributed by atoms with van der Waals surface area (Å²) in [5.74, 6) is -3.55. The molecule has 0 saturated carbocycles. The highest BCUT2D eigenvalue weighted by molar-refractivity contribution is 5.47. The number of benzene rings is 6. The molecule has 1 heterocycles. The standard InChI is InChI=1S/C49H45F5O6/c1-34-26-43(56-30-37-16-8-3-9-17-37)42(28-40(34)27-35-22-24-41(25-23-35)60-49(52,53)54)45-46(57-31-38-18-10-4-11-19-38)47(58-32-39-20-12-5-13-21-39)48(50,51)44(59-45)33-55-29-36-14-6-2-7-15-36/h2-26,28,44-47H,27,29-33H2,1H3/t44-,45+,46+,47-/m1/s1. The maximum Gasteiger partial charge on any atom is 0.573 e. The Bertz CT molecular complexity index is 2220. The molecular formula is C49H45F5O6. The highest BCUT2D eigenvalue weighted by atomic mass is 19.4. The van der Waals surface area contributed by atoms with Crippen molar-refractivity contribution in [3.63, 3.8) is 0 Å². The first kappa shape index (κ1) is 42.5. The van der Waals surface area contributed by atoms with Crippen molar-refractivity contribution in [3.05, 3.63) is 202 Å². The van der Waals surface area contributed by atoms with Gasteiger partial charge in [-0.3, -0.25) is 0 Å². The number of aryl methyl sites for hydroxylation is 1. The minimum absolute atomic E-state index is 0.0207. The monoisotopic (exact) mass is 824 g/mol. The number of hydrogen-bond donors (Lipinski definition) is 0. The summed E-state index contributed by atoms with van der Waals surface area (Å²) in [6.07, 6.45) is -10.6. The van der Waals surface area contributed by atoms with Gasteiger partial charge in [-0.05, 0) is 76.6 Å². The van der Waals surface area contributed by atoms with E-state index in [2.05, 4.69) is 4.74 Å². The maximum absolute atomic E-state index is 17.1. The van der Waals surface area contributed by atoms with Crippen LogP contribution in [0.25, 0.3) is 0 Å². The van der Waals surface area contributed by atoms with E-state index in [1.165, 1.54) is 12.1 Å². The average molecular weight is 825 g/mol. The van der Waals surface area contributed by atoms with Gasteiger partial charge in [-0.25, -0.2) is 8.78 Å². The third-order valence-electron chi connectivity index (χ3n) is 10.2. The molecule has 7 rings (SSSR count). The van der Waals surface area contributed by atoms with Gasteiger partial charge in [0.2, 0.25) is 0 Å². The molecule has 60 heavy (non-hydrogen) atoms. The van der Waals surface area contributed by atoms with Gasteiger partial charge < -0.3 is 28.4 Å². The molecule has 1 saturated heterocycles. The zero-order valence-electron chi connectivity index (χ0n) is 32.9. The number of alkyl halides is 5. The van der Waals surface area contributed by atoms with Crippen LogP contribution in [0.2, 0.25) is 0 Å². The molecule has 6 nitrogen and oxygen atoms in total. The molecule has 11 heteroatoms. The molecule has 1 aliphatic heterocycles. The number of hydrogen-bond acceptors (Lipinski definition) is 6. The third-order valence-corrected chi connectivity index (χ3v) is 10.2. The third kappa shape index (κ3) is 11.4. The summed E-state index contributed by atoms with van der Waals surface area (Å²) >= 11 is 0. The van der Waals surface area contributed by atoms with Crippen LogP contribution < -0.4 is 9.47 Å². The van der Waals surface area contributed by atoms with E-state index in [-0.39, 0.29) is 32.2 Å². The molecule has 0 amide bonds. The first-order valence-electron chi connectivity index (χ1n) is 19.6. The molecule has 0 unspecified atom stereocenters. The van der Waals surface area contributed by atoms with Gasteiger partial charge in [-0.1, -0.05) is 133 Å². The van der Waals surface area contributed by atoms with Crippen molar-refractivity contribution in [2.45, 2.75) is 76.5 Å². The second-order valence-electron chi connectivity index (χ2n) is 14.7. The quantitative estimate of drug-likeness (QED) is 0.0854. The Balaban J connectivity index is 1.29. The fourth-order valence-electron chi connectivity index (χ4n) is 7.12. The zero-order valence-corrected chi connectivity index (χ0v) is 32.9. The van der Waals surface area contributed by atoms with E-state index < -0.39 is 43.3 Å². The van der Waals surface area contributed by atoms with Crippen molar-refractivity contribution in [3.8, 4) is 11.5 Å². The lowest BCUT2D eigenvalue weighted by atomic mass is 9.87. The number of rotatable bonds is 17. The first-order chi connectivity index (χ1) is 29.0. The largest absolute Gasteiger partial charge is 0.573 e. The highest BCUT2D eigenvalue weighted by Gasteiger charge is 2.60. The predicted molar refractivity (Wildman–Crippen MR) is 217 cm³/mol. The lowest BCUT2D eigenvalue weighted by Crippen LogP contribution is -2.61. The second-order valence-corrected chi connectivity index (χ2v) is 14.7. The summed E-state index contributed by atoms with van der Waals surface area (Å²) in [7, 11) is 0. The van der Waals surface area contributed by atoms with Crippen LogP contribution in [0.1, 0.15) is 50.6 Å². The Labute approximate surface area is 346 Å². The smallest absolute Gasteiger partial charge is 0.489 e. The Morgan fingerprint density at radius 1 is 0.600 bits per heavy atom. The fraction of sp³-hybridized carbons (Fsp3) is 0.265. The summed E-state index contributed by atoms with van der Waals surface area (Å²) < 4.78 is 109. The maximum atomic E-state index is 17.1. The van der Waals surface area contributed by atoms with E-state index in [9.17, 15) is 13.2 Å². The minimum atomic E-state index is -4.83. The molecule has 0 aliphatic carbocycles. The van der Waals surface area contributed by atoms with Crippen LogP contribution in [-0.2, 0) is 51.8 Å². The van der Waals surface area contributed by atoms with Crippen molar-refractivity contribution in [1.29, 1.82) is 0 Å². The van der Waals surface area contributed by atoms with Gasteiger partial charge in [0.1, 0.15) is 36.4 Å². The molecule has 0 spiro atoms. The molecule has 0 radical (unpaired) electrons. The first-order valence-corrected chi connectivity index (χ1v) is 19.6. The van der Waals surface area contributed by atoms with Crippen LogP contribution in [0.5, 0.6) is 11.5 Å². The summed E-state index contributed by atoms with van der Waals surface area (Å²) in [6.45, 7) is 1.54. The van der Waals surface area contributed by atoms with E-state index in [1.54, 1.807) is 24.3 Å².